The Morgan fingerprint density at radius 1 is 1.19 bits per heavy atom. The van der Waals surface area contributed by atoms with E-state index in [1.54, 1.807) is 40.0 Å². The molecule has 2 aliphatic rings. The summed E-state index contributed by atoms with van der Waals surface area (Å²) in [6.07, 6.45) is 0.171. The van der Waals surface area contributed by atoms with E-state index >= 15 is 0 Å². The zero-order chi connectivity index (χ0) is 22.9. The number of ketones is 1. The average molecular weight is 427 g/mol. The number of carbonyl (C=O) groups is 3. The van der Waals surface area contributed by atoms with Gasteiger partial charge in [-0.1, -0.05) is 19.1 Å². The van der Waals surface area contributed by atoms with Gasteiger partial charge in [-0.05, 0) is 50.8 Å². The molecule has 0 aromatic heterocycles. The van der Waals surface area contributed by atoms with Crippen molar-refractivity contribution in [2.45, 2.75) is 46.1 Å². The molecule has 3 unspecified atom stereocenters. The first-order valence-corrected chi connectivity index (χ1v) is 10.4. The van der Waals surface area contributed by atoms with E-state index < -0.39 is 23.8 Å². The molecular formula is C24H29NO6. The third kappa shape index (κ3) is 4.22. The lowest BCUT2D eigenvalue weighted by molar-refractivity contribution is -0.151. The van der Waals surface area contributed by atoms with Crippen molar-refractivity contribution >= 4 is 17.7 Å². The molecule has 0 bridgehead atoms. The molecule has 1 aromatic carbocycles. The number of hydrogen-bond donors (Lipinski definition) is 1. The van der Waals surface area contributed by atoms with Crippen molar-refractivity contribution in [1.82, 2.24) is 5.32 Å². The van der Waals surface area contributed by atoms with E-state index in [9.17, 15) is 14.4 Å². The first-order chi connectivity index (χ1) is 14.7. The van der Waals surface area contributed by atoms with Crippen molar-refractivity contribution in [3.63, 3.8) is 0 Å². The quantitative estimate of drug-likeness (QED) is 0.570. The first-order valence-electron chi connectivity index (χ1n) is 10.4. The van der Waals surface area contributed by atoms with Crippen LogP contribution in [0.3, 0.4) is 0 Å². The maximum atomic E-state index is 13.6. The second-order valence-corrected chi connectivity index (χ2v) is 8.27. The van der Waals surface area contributed by atoms with Crippen molar-refractivity contribution < 1.29 is 28.6 Å². The summed E-state index contributed by atoms with van der Waals surface area (Å²) >= 11 is 0. The SMILES string of the molecule is COC(=O)C1C(=O)C2=C(CC1C)NC(C)=C(C(=O)OC(C)C)C2c1cccc(OC)c1. The molecule has 1 aliphatic heterocycles. The number of Topliss-reactive ketones (excluding diaryl/α,β-unsaturated/α-hetero) is 1. The fourth-order valence-electron chi connectivity index (χ4n) is 4.38. The van der Waals surface area contributed by atoms with Gasteiger partial charge in [-0.15, -0.1) is 0 Å². The number of benzene rings is 1. The molecule has 7 heteroatoms. The maximum Gasteiger partial charge on any atom is 0.337 e. The normalized spacial score (nSPS) is 23.3. The Kier molecular flexibility index (Phi) is 6.53. The maximum absolute atomic E-state index is 13.6. The number of ether oxygens (including phenoxy) is 3. The number of allylic oxidation sites excluding steroid dienone is 3. The molecule has 1 aliphatic carbocycles. The van der Waals surface area contributed by atoms with Gasteiger partial charge in [-0.2, -0.15) is 0 Å². The molecule has 166 valence electrons. The molecule has 0 spiro atoms. The third-order valence-electron chi connectivity index (χ3n) is 5.73. The Hall–Kier alpha value is -3.09. The summed E-state index contributed by atoms with van der Waals surface area (Å²) in [4.78, 5) is 39.1. The summed E-state index contributed by atoms with van der Waals surface area (Å²) in [7, 11) is 2.84. The highest BCUT2D eigenvalue weighted by Crippen LogP contribution is 2.46. The van der Waals surface area contributed by atoms with Gasteiger partial charge in [0.25, 0.3) is 0 Å². The molecule has 0 saturated heterocycles. The van der Waals surface area contributed by atoms with Crippen LogP contribution in [0, 0.1) is 11.8 Å². The largest absolute Gasteiger partial charge is 0.497 e. The summed E-state index contributed by atoms with van der Waals surface area (Å²) in [5.74, 6) is -2.61. The van der Waals surface area contributed by atoms with Crippen LogP contribution in [0.2, 0.25) is 0 Å². The molecule has 0 fully saturated rings. The van der Waals surface area contributed by atoms with Gasteiger partial charge in [0.2, 0.25) is 0 Å². The minimum atomic E-state index is -0.917. The summed E-state index contributed by atoms with van der Waals surface area (Å²) in [6, 6.07) is 7.25. The van der Waals surface area contributed by atoms with Crippen molar-refractivity contribution in [1.29, 1.82) is 0 Å². The first kappa shape index (κ1) is 22.6. The highest BCUT2D eigenvalue weighted by atomic mass is 16.5. The topological polar surface area (TPSA) is 90.9 Å². The molecule has 0 radical (unpaired) electrons. The van der Waals surface area contributed by atoms with Crippen LogP contribution in [0.15, 0.2) is 46.8 Å². The van der Waals surface area contributed by atoms with Crippen LogP contribution >= 0.6 is 0 Å². The summed E-state index contributed by atoms with van der Waals surface area (Å²) in [5.41, 5.74) is 2.84. The summed E-state index contributed by atoms with van der Waals surface area (Å²) in [6.45, 7) is 7.20. The van der Waals surface area contributed by atoms with E-state index in [2.05, 4.69) is 5.32 Å². The van der Waals surface area contributed by atoms with Crippen LogP contribution in [0.5, 0.6) is 5.75 Å². The Balaban J connectivity index is 2.20. The minimum absolute atomic E-state index is 0.228. The van der Waals surface area contributed by atoms with Gasteiger partial charge < -0.3 is 19.5 Å². The molecule has 7 nitrogen and oxygen atoms in total. The van der Waals surface area contributed by atoms with Crippen LogP contribution < -0.4 is 10.1 Å². The fraction of sp³-hybridized carbons (Fsp3) is 0.458. The molecule has 1 N–H and O–H groups in total. The van der Waals surface area contributed by atoms with Gasteiger partial charge in [0.1, 0.15) is 11.7 Å². The molecule has 31 heavy (non-hydrogen) atoms. The predicted octanol–water partition coefficient (Wildman–Crippen LogP) is 3.26. The van der Waals surface area contributed by atoms with Gasteiger partial charge in [0.15, 0.2) is 5.78 Å². The van der Waals surface area contributed by atoms with Crippen LogP contribution in [-0.2, 0) is 23.9 Å². The Morgan fingerprint density at radius 2 is 1.90 bits per heavy atom. The highest BCUT2D eigenvalue weighted by Gasteiger charge is 2.47. The van der Waals surface area contributed by atoms with E-state index in [4.69, 9.17) is 14.2 Å². The van der Waals surface area contributed by atoms with Gasteiger partial charge in [0, 0.05) is 22.9 Å². The molecule has 1 heterocycles. The predicted molar refractivity (Wildman–Crippen MR) is 114 cm³/mol. The second-order valence-electron chi connectivity index (χ2n) is 8.27. The zero-order valence-corrected chi connectivity index (χ0v) is 18.8. The van der Waals surface area contributed by atoms with Crippen molar-refractivity contribution in [2.75, 3.05) is 14.2 Å². The van der Waals surface area contributed by atoms with Crippen LogP contribution in [-0.4, -0.2) is 38.0 Å². The smallest absolute Gasteiger partial charge is 0.337 e. The Morgan fingerprint density at radius 3 is 2.52 bits per heavy atom. The molecule has 1 aromatic rings. The van der Waals surface area contributed by atoms with E-state index in [-0.39, 0.29) is 17.8 Å². The summed E-state index contributed by atoms with van der Waals surface area (Å²) < 4.78 is 15.8. The Bertz CT molecular complexity index is 974. The minimum Gasteiger partial charge on any atom is -0.497 e. The van der Waals surface area contributed by atoms with E-state index in [0.717, 1.165) is 11.3 Å². The number of dihydropyridines is 1. The number of nitrogens with one attached hydrogen (secondary N) is 1. The molecular weight excluding hydrogens is 398 g/mol. The van der Waals surface area contributed by atoms with E-state index in [0.29, 0.717) is 29.0 Å². The molecule has 3 rings (SSSR count). The van der Waals surface area contributed by atoms with E-state index in [1.807, 2.05) is 19.1 Å². The zero-order valence-electron chi connectivity index (χ0n) is 18.8. The number of esters is 2. The van der Waals surface area contributed by atoms with Crippen molar-refractivity contribution in [3.05, 3.63) is 52.4 Å². The van der Waals surface area contributed by atoms with E-state index in [1.165, 1.54) is 7.11 Å². The lowest BCUT2D eigenvalue weighted by Crippen LogP contribution is -2.43. The monoisotopic (exact) mass is 427 g/mol. The van der Waals surface area contributed by atoms with Crippen molar-refractivity contribution in [3.8, 4) is 5.75 Å². The van der Waals surface area contributed by atoms with Gasteiger partial charge in [0.05, 0.1) is 25.9 Å². The van der Waals surface area contributed by atoms with Crippen LogP contribution in [0.25, 0.3) is 0 Å². The molecule has 0 amide bonds. The average Bonchev–Trinajstić information content (AvgIpc) is 2.71. The number of methoxy groups -OCH3 is 2. The lowest BCUT2D eigenvalue weighted by Gasteiger charge is -2.38. The van der Waals surface area contributed by atoms with Crippen LogP contribution in [0.1, 0.15) is 45.6 Å². The second kappa shape index (κ2) is 8.96. The third-order valence-corrected chi connectivity index (χ3v) is 5.73. The highest BCUT2D eigenvalue weighted by molar-refractivity contribution is 6.12. The van der Waals surface area contributed by atoms with Gasteiger partial charge in [-0.3, -0.25) is 9.59 Å². The van der Waals surface area contributed by atoms with Gasteiger partial charge >= 0.3 is 11.9 Å². The van der Waals surface area contributed by atoms with Gasteiger partial charge in [-0.25, -0.2) is 4.79 Å². The van der Waals surface area contributed by atoms with Crippen molar-refractivity contribution in [2.24, 2.45) is 11.8 Å². The molecule has 0 saturated carbocycles. The summed E-state index contributed by atoms with van der Waals surface area (Å²) in [5, 5.41) is 3.24. The number of hydrogen-bond acceptors (Lipinski definition) is 7. The molecule has 3 atom stereocenters. The number of rotatable bonds is 5. The standard InChI is InChI=1S/C24H29NO6/c1-12(2)31-24(28)19-14(4)25-17-10-13(3)18(23(27)30-6)22(26)21(17)20(19)15-8-7-9-16(11-15)29-5/h7-9,11-13,18,20,25H,10H2,1-6H3. The Labute approximate surface area is 182 Å². The fourth-order valence-corrected chi connectivity index (χ4v) is 4.38. The number of carbonyl (C=O) groups excluding carboxylic acids is 3. The lowest BCUT2D eigenvalue weighted by atomic mass is 9.69. The van der Waals surface area contributed by atoms with Crippen LogP contribution in [0.4, 0.5) is 0 Å².